The topological polar surface area (TPSA) is 17.0 Å². The van der Waals surface area contributed by atoms with Crippen LogP contribution in [0, 0.1) is 0 Å². The second kappa shape index (κ2) is 6.92. The van der Waals surface area contributed by atoms with Crippen molar-refractivity contribution in [3.8, 4) is 0 Å². The van der Waals surface area contributed by atoms with Gasteiger partial charge in [0.15, 0.2) is 0 Å². The number of aryl methyl sites for hydroxylation is 1. The molecule has 0 amide bonds. The number of fused-ring (bicyclic) bond motifs is 1. The van der Waals surface area contributed by atoms with E-state index < -0.39 is 0 Å². The van der Waals surface area contributed by atoms with Crippen LogP contribution in [0.3, 0.4) is 0 Å². The van der Waals surface area contributed by atoms with Crippen molar-refractivity contribution in [1.29, 1.82) is 0 Å². The van der Waals surface area contributed by atoms with E-state index in [2.05, 4.69) is 64.1 Å². The van der Waals surface area contributed by atoms with Crippen LogP contribution in [0.5, 0.6) is 0 Å². The standard InChI is InChI=1S/C18H22N2S/c1-2-19-10-5-6-16-13-20(12-15-9-11-21-14-15)18-8-4-3-7-17(16)18/h3-4,7-9,11,13-14,19H,2,5-6,10,12H2,1H3. The first kappa shape index (κ1) is 14.4. The summed E-state index contributed by atoms with van der Waals surface area (Å²) in [6, 6.07) is 11.0. The molecule has 21 heavy (non-hydrogen) atoms. The highest BCUT2D eigenvalue weighted by molar-refractivity contribution is 7.07. The number of benzene rings is 1. The lowest BCUT2D eigenvalue weighted by Crippen LogP contribution is -2.14. The molecule has 0 unspecified atom stereocenters. The van der Waals surface area contributed by atoms with E-state index in [4.69, 9.17) is 0 Å². The molecule has 0 spiro atoms. The lowest BCUT2D eigenvalue weighted by atomic mass is 10.1. The number of aromatic nitrogens is 1. The summed E-state index contributed by atoms with van der Waals surface area (Å²) in [6.07, 6.45) is 4.68. The summed E-state index contributed by atoms with van der Waals surface area (Å²) in [5, 5.41) is 9.20. The van der Waals surface area contributed by atoms with Crippen molar-refractivity contribution in [2.75, 3.05) is 13.1 Å². The van der Waals surface area contributed by atoms with E-state index in [1.165, 1.54) is 28.5 Å². The summed E-state index contributed by atoms with van der Waals surface area (Å²) in [7, 11) is 0. The van der Waals surface area contributed by atoms with E-state index in [0.29, 0.717) is 0 Å². The number of thiophene rings is 1. The molecule has 2 nitrogen and oxygen atoms in total. The van der Waals surface area contributed by atoms with Gasteiger partial charge in [-0.05, 0) is 60.0 Å². The molecular weight excluding hydrogens is 276 g/mol. The molecule has 3 heteroatoms. The molecule has 2 heterocycles. The average Bonchev–Trinajstić information content (AvgIpc) is 3.13. The monoisotopic (exact) mass is 298 g/mol. The van der Waals surface area contributed by atoms with Gasteiger partial charge in [-0.1, -0.05) is 25.1 Å². The molecule has 1 aromatic carbocycles. The van der Waals surface area contributed by atoms with E-state index in [1.54, 1.807) is 11.3 Å². The van der Waals surface area contributed by atoms with Crippen LogP contribution in [-0.2, 0) is 13.0 Å². The fraction of sp³-hybridized carbons (Fsp3) is 0.333. The Kier molecular flexibility index (Phi) is 4.73. The van der Waals surface area contributed by atoms with Gasteiger partial charge in [-0.15, -0.1) is 0 Å². The van der Waals surface area contributed by atoms with Gasteiger partial charge in [-0.25, -0.2) is 0 Å². The summed E-state index contributed by atoms with van der Waals surface area (Å²) in [4.78, 5) is 0. The zero-order chi connectivity index (χ0) is 14.5. The molecule has 0 saturated heterocycles. The molecule has 0 radical (unpaired) electrons. The fourth-order valence-corrected chi connectivity index (χ4v) is 3.47. The Balaban J connectivity index is 1.83. The Morgan fingerprint density at radius 3 is 2.90 bits per heavy atom. The molecule has 110 valence electrons. The molecule has 0 aliphatic rings. The number of nitrogens with zero attached hydrogens (tertiary/aromatic N) is 1. The largest absolute Gasteiger partial charge is 0.343 e. The molecule has 0 saturated carbocycles. The van der Waals surface area contributed by atoms with Gasteiger partial charge < -0.3 is 9.88 Å². The van der Waals surface area contributed by atoms with Crippen LogP contribution < -0.4 is 5.32 Å². The average molecular weight is 298 g/mol. The van der Waals surface area contributed by atoms with Gasteiger partial charge in [-0.3, -0.25) is 0 Å². The highest BCUT2D eigenvalue weighted by Gasteiger charge is 2.08. The van der Waals surface area contributed by atoms with Crippen LogP contribution in [0.15, 0.2) is 47.3 Å². The van der Waals surface area contributed by atoms with E-state index in [-0.39, 0.29) is 0 Å². The van der Waals surface area contributed by atoms with Crippen LogP contribution in [-0.4, -0.2) is 17.7 Å². The van der Waals surface area contributed by atoms with Crippen molar-refractivity contribution < 1.29 is 0 Å². The van der Waals surface area contributed by atoms with Crippen molar-refractivity contribution in [2.24, 2.45) is 0 Å². The quantitative estimate of drug-likeness (QED) is 0.644. The molecule has 0 bridgehead atoms. The predicted molar refractivity (Wildman–Crippen MR) is 92.2 cm³/mol. The second-order valence-corrected chi connectivity index (χ2v) is 6.17. The van der Waals surface area contributed by atoms with Crippen molar-refractivity contribution >= 4 is 22.2 Å². The van der Waals surface area contributed by atoms with Crippen LogP contribution in [0.2, 0.25) is 0 Å². The van der Waals surface area contributed by atoms with Crippen molar-refractivity contribution in [2.45, 2.75) is 26.3 Å². The highest BCUT2D eigenvalue weighted by atomic mass is 32.1. The molecular formula is C18H22N2S. The molecule has 1 N–H and O–H groups in total. The van der Waals surface area contributed by atoms with Gasteiger partial charge in [0, 0.05) is 23.6 Å². The summed E-state index contributed by atoms with van der Waals surface area (Å²) in [5.41, 5.74) is 4.21. The first-order valence-corrected chi connectivity index (χ1v) is 8.61. The normalized spacial score (nSPS) is 11.3. The van der Waals surface area contributed by atoms with E-state index in [1.807, 2.05) is 0 Å². The first-order valence-electron chi connectivity index (χ1n) is 7.67. The number of para-hydroxylation sites is 1. The van der Waals surface area contributed by atoms with Gasteiger partial charge in [0.25, 0.3) is 0 Å². The lowest BCUT2D eigenvalue weighted by Gasteiger charge is -2.02. The summed E-state index contributed by atoms with van der Waals surface area (Å²) in [6.45, 7) is 5.28. The van der Waals surface area contributed by atoms with E-state index in [9.17, 15) is 0 Å². The maximum Gasteiger partial charge on any atom is 0.0486 e. The van der Waals surface area contributed by atoms with Crippen LogP contribution in [0.25, 0.3) is 10.9 Å². The maximum atomic E-state index is 3.40. The molecule has 3 aromatic rings. The number of rotatable bonds is 7. The summed E-state index contributed by atoms with van der Waals surface area (Å²) >= 11 is 1.77. The number of hydrogen-bond donors (Lipinski definition) is 1. The highest BCUT2D eigenvalue weighted by Crippen LogP contribution is 2.23. The predicted octanol–water partition coefficient (Wildman–Crippen LogP) is 4.29. The van der Waals surface area contributed by atoms with Crippen molar-refractivity contribution in [1.82, 2.24) is 9.88 Å². The summed E-state index contributed by atoms with van der Waals surface area (Å²) < 4.78 is 2.39. The van der Waals surface area contributed by atoms with Crippen LogP contribution >= 0.6 is 11.3 Å². The zero-order valence-electron chi connectivity index (χ0n) is 12.5. The third-order valence-electron chi connectivity index (χ3n) is 3.85. The Morgan fingerprint density at radius 2 is 2.10 bits per heavy atom. The molecule has 0 aliphatic carbocycles. The maximum absolute atomic E-state index is 3.40. The van der Waals surface area contributed by atoms with E-state index in [0.717, 1.165) is 26.1 Å². The third kappa shape index (κ3) is 3.36. The van der Waals surface area contributed by atoms with Gasteiger partial charge in [0.2, 0.25) is 0 Å². The molecule has 0 atom stereocenters. The molecule has 2 aromatic heterocycles. The molecule has 0 aliphatic heterocycles. The Hall–Kier alpha value is -1.58. The van der Waals surface area contributed by atoms with Gasteiger partial charge in [0.05, 0.1) is 0 Å². The van der Waals surface area contributed by atoms with Gasteiger partial charge >= 0.3 is 0 Å². The molecule has 3 rings (SSSR count). The zero-order valence-corrected chi connectivity index (χ0v) is 13.3. The smallest absolute Gasteiger partial charge is 0.0486 e. The van der Waals surface area contributed by atoms with E-state index >= 15 is 0 Å². The van der Waals surface area contributed by atoms with Crippen LogP contribution in [0.1, 0.15) is 24.5 Å². The number of nitrogens with one attached hydrogen (secondary N) is 1. The number of hydrogen-bond acceptors (Lipinski definition) is 2. The van der Waals surface area contributed by atoms with Crippen molar-refractivity contribution in [3.05, 3.63) is 58.4 Å². The minimum Gasteiger partial charge on any atom is -0.343 e. The van der Waals surface area contributed by atoms with Gasteiger partial charge in [0.1, 0.15) is 0 Å². The van der Waals surface area contributed by atoms with Crippen LogP contribution in [0.4, 0.5) is 0 Å². The SMILES string of the molecule is CCNCCCc1cn(Cc2ccsc2)c2ccccc12. The lowest BCUT2D eigenvalue weighted by molar-refractivity contribution is 0.672. The molecule has 0 fully saturated rings. The minimum absolute atomic E-state index is 0.969. The minimum atomic E-state index is 0.969. The van der Waals surface area contributed by atoms with Gasteiger partial charge in [-0.2, -0.15) is 11.3 Å². The fourth-order valence-electron chi connectivity index (χ4n) is 2.81. The first-order chi connectivity index (χ1) is 10.4. The second-order valence-electron chi connectivity index (χ2n) is 5.39. The van der Waals surface area contributed by atoms with Crippen molar-refractivity contribution in [3.63, 3.8) is 0 Å². The Bertz CT molecular complexity index is 682. The Labute approximate surface area is 130 Å². The summed E-state index contributed by atoms with van der Waals surface area (Å²) in [5.74, 6) is 0. The third-order valence-corrected chi connectivity index (χ3v) is 4.59. The Morgan fingerprint density at radius 1 is 1.19 bits per heavy atom.